The third-order valence-corrected chi connectivity index (χ3v) is 5.52. The van der Waals surface area contributed by atoms with Gasteiger partial charge in [-0.05, 0) is 31.7 Å². The second kappa shape index (κ2) is 9.95. The van der Waals surface area contributed by atoms with Gasteiger partial charge in [0.1, 0.15) is 0 Å². The van der Waals surface area contributed by atoms with Crippen LogP contribution in [0.5, 0.6) is 0 Å². The minimum Gasteiger partial charge on any atom is -0.376 e. The molecule has 1 radical (unpaired) electrons. The summed E-state index contributed by atoms with van der Waals surface area (Å²) in [5, 5.41) is 1.69. The van der Waals surface area contributed by atoms with E-state index in [0.29, 0.717) is 0 Å². The highest BCUT2D eigenvalue weighted by molar-refractivity contribution is 6.64. The molecular formula is C18H29OSi. The minimum atomic E-state index is -0.347. The molecule has 0 aliphatic rings. The zero-order chi connectivity index (χ0) is 14.8. The summed E-state index contributed by atoms with van der Waals surface area (Å²) in [7, 11) is -0.347. The van der Waals surface area contributed by atoms with E-state index in [1.54, 1.807) is 10.8 Å². The fourth-order valence-electron chi connectivity index (χ4n) is 2.42. The first-order chi connectivity index (χ1) is 9.65. The Morgan fingerprint density at radius 1 is 1.10 bits per heavy atom. The maximum absolute atomic E-state index is 5.84. The normalized spacial score (nSPS) is 12.7. The molecule has 0 aromatic heterocycles. The number of benzene rings is 1. The summed E-state index contributed by atoms with van der Waals surface area (Å²) < 4.78 is 5.84. The van der Waals surface area contributed by atoms with E-state index in [1.807, 2.05) is 6.07 Å². The van der Waals surface area contributed by atoms with Gasteiger partial charge in [-0.15, -0.1) is 0 Å². The molecule has 0 saturated heterocycles. The summed E-state index contributed by atoms with van der Waals surface area (Å²) in [6.45, 7) is 11.0. The lowest BCUT2D eigenvalue weighted by Crippen LogP contribution is -2.11. The number of rotatable bonds is 9. The van der Waals surface area contributed by atoms with Gasteiger partial charge in [0.15, 0.2) is 0 Å². The molecule has 2 heteroatoms. The van der Waals surface area contributed by atoms with Crippen LogP contribution in [0.4, 0.5) is 0 Å². The first-order valence-electron chi connectivity index (χ1n) is 7.76. The van der Waals surface area contributed by atoms with E-state index < -0.39 is 0 Å². The molecule has 0 bridgehead atoms. The van der Waals surface area contributed by atoms with Crippen molar-refractivity contribution in [3.8, 4) is 0 Å². The van der Waals surface area contributed by atoms with Crippen molar-refractivity contribution in [2.45, 2.75) is 59.2 Å². The molecule has 0 N–H and O–H groups in total. The molecule has 0 amide bonds. The largest absolute Gasteiger partial charge is 0.376 e. The Labute approximate surface area is 126 Å². The molecule has 1 nitrogen and oxygen atoms in total. The smallest absolute Gasteiger partial charge is 0.0737 e. The predicted octanol–water partition coefficient (Wildman–Crippen LogP) is 5.39. The zero-order valence-corrected chi connectivity index (χ0v) is 14.5. The van der Waals surface area contributed by atoms with Crippen LogP contribution in [0.15, 0.2) is 41.1 Å². The Morgan fingerprint density at radius 2 is 1.80 bits per heavy atom. The van der Waals surface area contributed by atoms with Gasteiger partial charge in [-0.2, -0.15) is 0 Å². The van der Waals surface area contributed by atoms with E-state index in [2.05, 4.69) is 51.2 Å². The zero-order valence-electron chi connectivity index (χ0n) is 13.5. The Kier molecular flexibility index (Phi) is 8.55. The van der Waals surface area contributed by atoms with Crippen LogP contribution in [0.2, 0.25) is 13.1 Å². The first kappa shape index (κ1) is 17.2. The van der Waals surface area contributed by atoms with Crippen molar-refractivity contribution in [3.05, 3.63) is 46.7 Å². The van der Waals surface area contributed by atoms with E-state index in [9.17, 15) is 0 Å². The number of allylic oxidation sites excluding steroid dienone is 1. The third-order valence-electron chi connectivity index (χ3n) is 3.63. The van der Waals surface area contributed by atoms with Crippen molar-refractivity contribution in [1.82, 2.24) is 0 Å². The number of unbranched alkanes of at least 4 members (excludes halogenated alkanes) is 1. The molecule has 1 aromatic rings. The Bertz CT molecular complexity index is 395. The molecule has 0 spiro atoms. The SMILES string of the molecule is CCCC/C(C)=C(/CCOCc1ccccc1)[Si](C)C. The number of hydrogen-bond acceptors (Lipinski definition) is 1. The fraction of sp³-hybridized carbons (Fsp3) is 0.556. The van der Waals surface area contributed by atoms with E-state index in [1.165, 1.54) is 24.8 Å². The standard InChI is InChI=1S/C18H29OSi/c1-5-6-10-16(2)18(20(3)4)13-14-19-15-17-11-8-7-9-12-17/h7-9,11-12H,5-6,10,13-15H2,1-4H3/b18-16-. The summed E-state index contributed by atoms with van der Waals surface area (Å²) in [6, 6.07) is 10.4. The lowest BCUT2D eigenvalue weighted by atomic mass is 10.1. The van der Waals surface area contributed by atoms with Gasteiger partial charge in [-0.3, -0.25) is 0 Å². The Balaban J connectivity index is 2.39. The lowest BCUT2D eigenvalue weighted by molar-refractivity contribution is 0.124. The quantitative estimate of drug-likeness (QED) is 0.437. The van der Waals surface area contributed by atoms with Crippen molar-refractivity contribution in [2.24, 2.45) is 0 Å². The third kappa shape index (κ3) is 6.53. The van der Waals surface area contributed by atoms with Crippen LogP contribution in [0.1, 0.15) is 45.1 Å². The van der Waals surface area contributed by atoms with Gasteiger partial charge in [-0.1, -0.05) is 67.5 Å². The Hall–Kier alpha value is -0.863. The molecule has 0 atom stereocenters. The molecule has 111 valence electrons. The van der Waals surface area contributed by atoms with Crippen molar-refractivity contribution in [3.63, 3.8) is 0 Å². The van der Waals surface area contributed by atoms with Gasteiger partial charge in [0, 0.05) is 0 Å². The van der Waals surface area contributed by atoms with Crippen LogP contribution in [-0.2, 0) is 11.3 Å². The average molecular weight is 290 g/mol. The number of ether oxygens (including phenoxy) is 1. The van der Waals surface area contributed by atoms with Crippen molar-refractivity contribution < 1.29 is 4.74 Å². The molecule has 0 aliphatic carbocycles. The molecule has 0 aliphatic heterocycles. The van der Waals surface area contributed by atoms with Crippen LogP contribution < -0.4 is 0 Å². The average Bonchev–Trinajstić information content (AvgIpc) is 2.45. The van der Waals surface area contributed by atoms with E-state index in [-0.39, 0.29) is 8.80 Å². The summed E-state index contributed by atoms with van der Waals surface area (Å²) >= 11 is 0. The highest BCUT2D eigenvalue weighted by atomic mass is 28.3. The van der Waals surface area contributed by atoms with Gasteiger partial charge in [-0.25, -0.2) is 0 Å². The maximum atomic E-state index is 5.84. The van der Waals surface area contributed by atoms with E-state index in [0.717, 1.165) is 19.6 Å². The molecule has 1 aromatic carbocycles. The van der Waals surface area contributed by atoms with Crippen LogP contribution in [0, 0.1) is 0 Å². The predicted molar refractivity (Wildman–Crippen MR) is 90.4 cm³/mol. The van der Waals surface area contributed by atoms with Gasteiger partial charge < -0.3 is 4.74 Å². The summed E-state index contributed by atoms with van der Waals surface area (Å²) in [5.41, 5.74) is 2.88. The monoisotopic (exact) mass is 289 g/mol. The van der Waals surface area contributed by atoms with Crippen LogP contribution in [-0.4, -0.2) is 15.4 Å². The lowest BCUT2D eigenvalue weighted by Gasteiger charge is -2.15. The molecule has 1 rings (SSSR count). The molecule has 20 heavy (non-hydrogen) atoms. The highest BCUT2D eigenvalue weighted by Crippen LogP contribution is 2.18. The molecule has 0 fully saturated rings. The number of hydrogen-bond donors (Lipinski definition) is 0. The van der Waals surface area contributed by atoms with Crippen molar-refractivity contribution in [2.75, 3.05) is 6.61 Å². The van der Waals surface area contributed by atoms with E-state index in [4.69, 9.17) is 4.74 Å². The second-order valence-electron chi connectivity index (χ2n) is 5.65. The molecule has 0 heterocycles. The van der Waals surface area contributed by atoms with Crippen molar-refractivity contribution >= 4 is 8.80 Å². The van der Waals surface area contributed by atoms with Gasteiger partial charge >= 0.3 is 0 Å². The van der Waals surface area contributed by atoms with Crippen LogP contribution in [0.25, 0.3) is 0 Å². The Morgan fingerprint density at radius 3 is 2.40 bits per heavy atom. The topological polar surface area (TPSA) is 9.23 Å². The van der Waals surface area contributed by atoms with Gasteiger partial charge in [0.25, 0.3) is 0 Å². The summed E-state index contributed by atoms with van der Waals surface area (Å²) in [6.07, 6.45) is 4.98. The van der Waals surface area contributed by atoms with Gasteiger partial charge in [0.05, 0.1) is 22.0 Å². The van der Waals surface area contributed by atoms with Crippen molar-refractivity contribution in [1.29, 1.82) is 0 Å². The van der Waals surface area contributed by atoms with Crippen LogP contribution >= 0.6 is 0 Å². The van der Waals surface area contributed by atoms with Gasteiger partial charge in [0.2, 0.25) is 0 Å². The fourth-order valence-corrected chi connectivity index (χ4v) is 4.00. The highest BCUT2D eigenvalue weighted by Gasteiger charge is 2.09. The molecular weight excluding hydrogens is 260 g/mol. The molecule has 0 unspecified atom stereocenters. The maximum Gasteiger partial charge on any atom is 0.0737 e. The van der Waals surface area contributed by atoms with Crippen LogP contribution in [0.3, 0.4) is 0 Å². The minimum absolute atomic E-state index is 0.347. The summed E-state index contributed by atoms with van der Waals surface area (Å²) in [5.74, 6) is 0. The van der Waals surface area contributed by atoms with E-state index >= 15 is 0 Å². The second-order valence-corrected chi connectivity index (χ2v) is 8.25. The summed E-state index contributed by atoms with van der Waals surface area (Å²) in [4.78, 5) is 0. The first-order valence-corrected chi connectivity index (χ1v) is 10.3. The molecule has 0 saturated carbocycles.